The van der Waals surface area contributed by atoms with Gasteiger partial charge in [-0.2, -0.15) is 0 Å². The number of rotatable bonds is 5. The SMILES string of the molecule is Cc1ccccc1CNC(=O)COc1ccc(Cl)cc1Cl. The molecule has 0 aromatic heterocycles. The molecule has 0 spiro atoms. The summed E-state index contributed by atoms with van der Waals surface area (Å²) < 4.78 is 5.37. The molecule has 5 heteroatoms. The van der Waals surface area contributed by atoms with E-state index >= 15 is 0 Å². The second-order valence-corrected chi connectivity index (χ2v) is 5.41. The van der Waals surface area contributed by atoms with Crippen molar-refractivity contribution in [1.82, 2.24) is 5.32 Å². The summed E-state index contributed by atoms with van der Waals surface area (Å²) in [5, 5.41) is 3.72. The zero-order chi connectivity index (χ0) is 15.2. The summed E-state index contributed by atoms with van der Waals surface area (Å²) in [5.41, 5.74) is 2.22. The van der Waals surface area contributed by atoms with E-state index in [0.717, 1.165) is 11.1 Å². The third-order valence-electron chi connectivity index (χ3n) is 2.99. The Morgan fingerprint density at radius 3 is 2.67 bits per heavy atom. The van der Waals surface area contributed by atoms with Crippen LogP contribution in [0.3, 0.4) is 0 Å². The lowest BCUT2D eigenvalue weighted by Gasteiger charge is -2.10. The average Bonchev–Trinajstić information content (AvgIpc) is 2.45. The van der Waals surface area contributed by atoms with Crippen LogP contribution in [0.25, 0.3) is 0 Å². The second kappa shape index (κ2) is 7.34. The molecule has 2 aromatic rings. The first-order chi connectivity index (χ1) is 10.1. The van der Waals surface area contributed by atoms with Gasteiger partial charge in [-0.3, -0.25) is 4.79 Å². The van der Waals surface area contributed by atoms with E-state index in [1.807, 2.05) is 31.2 Å². The Labute approximate surface area is 133 Å². The smallest absolute Gasteiger partial charge is 0.258 e. The Morgan fingerprint density at radius 2 is 1.95 bits per heavy atom. The van der Waals surface area contributed by atoms with E-state index in [-0.39, 0.29) is 12.5 Å². The highest BCUT2D eigenvalue weighted by Gasteiger charge is 2.07. The molecule has 0 heterocycles. The van der Waals surface area contributed by atoms with Gasteiger partial charge in [-0.15, -0.1) is 0 Å². The predicted molar refractivity (Wildman–Crippen MR) is 85.0 cm³/mol. The Bertz CT molecular complexity index is 644. The zero-order valence-corrected chi connectivity index (χ0v) is 13.0. The van der Waals surface area contributed by atoms with Gasteiger partial charge in [0.2, 0.25) is 0 Å². The van der Waals surface area contributed by atoms with Crippen molar-refractivity contribution in [3.8, 4) is 5.75 Å². The zero-order valence-electron chi connectivity index (χ0n) is 11.5. The van der Waals surface area contributed by atoms with Crippen LogP contribution in [0.15, 0.2) is 42.5 Å². The molecule has 0 atom stereocenters. The summed E-state index contributed by atoms with van der Waals surface area (Å²) in [6, 6.07) is 12.8. The van der Waals surface area contributed by atoms with Crippen LogP contribution in [0.4, 0.5) is 0 Å². The third-order valence-corrected chi connectivity index (χ3v) is 3.52. The molecule has 1 N–H and O–H groups in total. The molecule has 21 heavy (non-hydrogen) atoms. The molecule has 3 nitrogen and oxygen atoms in total. The molecule has 0 unspecified atom stereocenters. The number of benzene rings is 2. The summed E-state index contributed by atoms with van der Waals surface area (Å²) in [7, 11) is 0. The Balaban J connectivity index is 1.84. The molecule has 0 bridgehead atoms. The van der Waals surface area contributed by atoms with Gasteiger partial charge in [0.15, 0.2) is 6.61 Å². The lowest BCUT2D eigenvalue weighted by Crippen LogP contribution is -2.28. The number of amides is 1. The molecule has 0 saturated heterocycles. The van der Waals surface area contributed by atoms with E-state index in [2.05, 4.69) is 5.32 Å². The maximum atomic E-state index is 11.8. The van der Waals surface area contributed by atoms with Gasteiger partial charge < -0.3 is 10.1 Å². The van der Waals surface area contributed by atoms with Crippen molar-refractivity contribution in [1.29, 1.82) is 0 Å². The first-order valence-electron chi connectivity index (χ1n) is 6.45. The molecule has 0 radical (unpaired) electrons. The number of hydrogen-bond donors (Lipinski definition) is 1. The van der Waals surface area contributed by atoms with Crippen molar-refractivity contribution in [2.45, 2.75) is 13.5 Å². The van der Waals surface area contributed by atoms with Gasteiger partial charge in [0.25, 0.3) is 5.91 Å². The van der Waals surface area contributed by atoms with Crippen molar-refractivity contribution >= 4 is 29.1 Å². The normalized spacial score (nSPS) is 10.2. The van der Waals surface area contributed by atoms with Crippen LogP contribution >= 0.6 is 23.2 Å². The minimum Gasteiger partial charge on any atom is -0.482 e. The topological polar surface area (TPSA) is 38.3 Å². The lowest BCUT2D eigenvalue weighted by atomic mass is 10.1. The van der Waals surface area contributed by atoms with E-state index in [9.17, 15) is 4.79 Å². The molecule has 2 rings (SSSR count). The van der Waals surface area contributed by atoms with Crippen LogP contribution in [0.1, 0.15) is 11.1 Å². The van der Waals surface area contributed by atoms with Crippen molar-refractivity contribution < 1.29 is 9.53 Å². The number of halogens is 2. The van der Waals surface area contributed by atoms with Crippen molar-refractivity contribution in [2.24, 2.45) is 0 Å². The fraction of sp³-hybridized carbons (Fsp3) is 0.188. The molecule has 0 fully saturated rings. The molecule has 0 aliphatic carbocycles. The minimum atomic E-state index is -0.204. The Morgan fingerprint density at radius 1 is 1.19 bits per heavy atom. The number of hydrogen-bond acceptors (Lipinski definition) is 2. The van der Waals surface area contributed by atoms with Crippen molar-refractivity contribution in [2.75, 3.05) is 6.61 Å². The van der Waals surface area contributed by atoms with Gasteiger partial charge in [-0.05, 0) is 36.2 Å². The van der Waals surface area contributed by atoms with Crippen molar-refractivity contribution in [3.05, 3.63) is 63.6 Å². The van der Waals surface area contributed by atoms with Gasteiger partial charge in [-0.1, -0.05) is 47.5 Å². The van der Waals surface area contributed by atoms with Crippen LogP contribution in [0, 0.1) is 6.92 Å². The van der Waals surface area contributed by atoms with E-state index < -0.39 is 0 Å². The molecule has 1 amide bonds. The Hall–Kier alpha value is -1.71. The summed E-state index contributed by atoms with van der Waals surface area (Å²) in [4.78, 5) is 11.8. The van der Waals surface area contributed by atoms with Crippen LogP contribution in [-0.2, 0) is 11.3 Å². The molecule has 0 saturated carbocycles. The first-order valence-corrected chi connectivity index (χ1v) is 7.21. The largest absolute Gasteiger partial charge is 0.482 e. The number of ether oxygens (including phenoxy) is 1. The number of aryl methyl sites for hydroxylation is 1. The molecule has 110 valence electrons. The number of carbonyl (C=O) groups is 1. The van der Waals surface area contributed by atoms with Gasteiger partial charge >= 0.3 is 0 Å². The highest BCUT2D eigenvalue weighted by atomic mass is 35.5. The molecular weight excluding hydrogens is 309 g/mol. The van der Waals surface area contributed by atoms with Gasteiger partial charge in [0, 0.05) is 11.6 Å². The summed E-state index contributed by atoms with van der Waals surface area (Å²) in [6.45, 7) is 2.39. The Kier molecular flexibility index (Phi) is 5.48. The fourth-order valence-corrected chi connectivity index (χ4v) is 2.25. The molecule has 0 aliphatic heterocycles. The first kappa shape index (κ1) is 15.7. The maximum Gasteiger partial charge on any atom is 0.258 e. The highest BCUT2D eigenvalue weighted by Crippen LogP contribution is 2.27. The van der Waals surface area contributed by atoms with Crippen LogP contribution in [0.5, 0.6) is 5.75 Å². The third kappa shape index (κ3) is 4.66. The number of carbonyl (C=O) groups excluding carboxylic acids is 1. The van der Waals surface area contributed by atoms with Gasteiger partial charge in [0.05, 0.1) is 5.02 Å². The maximum absolute atomic E-state index is 11.8. The average molecular weight is 324 g/mol. The molecule has 0 aliphatic rings. The van der Waals surface area contributed by atoms with E-state index in [4.69, 9.17) is 27.9 Å². The quantitative estimate of drug-likeness (QED) is 0.903. The minimum absolute atomic E-state index is 0.0900. The van der Waals surface area contributed by atoms with Crippen LogP contribution in [0.2, 0.25) is 10.0 Å². The number of nitrogens with one attached hydrogen (secondary N) is 1. The fourth-order valence-electron chi connectivity index (χ4n) is 1.79. The summed E-state index contributed by atoms with van der Waals surface area (Å²) >= 11 is 11.8. The standard InChI is InChI=1S/C16H15Cl2NO2/c1-11-4-2-3-5-12(11)9-19-16(20)10-21-15-7-6-13(17)8-14(15)18/h2-8H,9-10H2,1H3,(H,19,20). The summed E-state index contributed by atoms with van der Waals surface area (Å²) in [5.74, 6) is 0.233. The second-order valence-electron chi connectivity index (χ2n) is 4.57. The molecule has 2 aromatic carbocycles. The van der Waals surface area contributed by atoms with Gasteiger partial charge in [0.1, 0.15) is 5.75 Å². The lowest BCUT2D eigenvalue weighted by molar-refractivity contribution is -0.123. The van der Waals surface area contributed by atoms with Gasteiger partial charge in [-0.25, -0.2) is 0 Å². The van der Waals surface area contributed by atoms with E-state index in [1.165, 1.54) is 0 Å². The van der Waals surface area contributed by atoms with E-state index in [1.54, 1.807) is 18.2 Å². The van der Waals surface area contributed by atoms with Crippen LogP contribution < -0.4 is 10.1 Å². The molecular formula is C16H15Cl2NO2. The summed E-state index contributed by atoms with van der Waals surface area (Å²) in [6.07, 6.45) is 0. The monoisotopic (exact) mass is 323 g/mol. The predicted octanol–water partition coefficient (Wildman–Crippen LogP) is 4.00. The van der Waals surface area contributed by atoms with E-state index in [0.29, 0.717) is 22.3 Å². The van der Waals surface area contributed by atoms with Crippen LogP contribution in [-0.4, -0.2) is 12.5 Å². The highest BCUT2D eigenvalue weighted by molar-refractivity contribution is 6.35. The van der Waals surface area contributed by atoms with Crippen molar-refractivity contribution in [3.63, 3.8) is 0 Å².